The third-order valence-corrected chi connectivity index (χ3v) is 6.39. The van der Waals surface area contributed by atoms with E-state index >= 15 is 0 Å². The van der Waals surface area contributed by atoms with Crippen molar-refractivity contribution in [3.8, 4) is 0 Å². The second-order valence-corrected chi connectivity index (χ2v) is 8.54. The molecule has 0 saturated carbocycles. The number of benzene rings is 2. The monoisotopic (exact) mass is 393 g/mol. The molecule has 0 bridgehead atoms. The van der Waals surface area contributed by atoms with Gasteiger partial charge in [0.25, 0.3) is 5.91 Å². The minimum Gasteiger partial charge on any atom is -0.366 e. The lowest BCUT2D eigenvalue weighted by Gasteiger charge is -2.38. The Kier molecular flexibility index (Phi) is 5.99. The smallest absolute Gasteiger partial charge is 0.250 e. The number of ether oxygens (including phenoxy) is 1. The normalized spacial score (nSPS) is 21.1. The zero-order chi connectivity index (χ0) is 20.3. The maximum absolute atomic E-state index is 12.9. The zero-order valence-electron chi connectivity index (χ0n) is 17.4. The molecule has 0 unspecified atom stereocenters. The molecule has 1 fully saturated rings. The van der Waals surface area contributed by atoms with E-state index in [4.69, 9.17) is 4.74 Å². The van der Waals surface area contributed by atoms with Gasteiger partial charge in [0.05, 0.1) is 6.61 Å². The Morgan fingerprint density at radius 3 is 2.41 bits per heavy atom. The van der Waals surface area contributed by atoms with Crippen molar-refractivity contribution in [3.05, 3.63) is 71.3 Å². The highest BCUT2D eigenvalue weighted by molar-refractivity contribution is 5.81. The molecule has 5 heteroatoms. The number of amides is 1. The van der Waals surface area contributed by atoms with E-state index in [0.29, 0.717) is 19.7 Å². The Balaban J connectivity index is 1.35. The fourth-order valence-electron chi connectivity index (χ4n) is 4.49. The summed E-state index contributed by atoms with van der Waals surface area (Å²) >= 11 is 0. The minimum absolute atomic E-state index is 0.0000530. The van der Waals surface area contributed by atoms with Gasteiger partial charge in [-0.1, -0.05) is 54.6 Å². The molecule has 29 heavy (non-hydrogen) atoms. The molecule has 1 saturated heterocycles. The number of hydrogen-bond donors (Lipinski definition) is 1. The van der Waals surface area contributed by atoms with Crippen molar-refractivity contribution in [3.63, 3.8) is 0 Å². The standard InChI is InChI=1S/C24H31N3O2/c1-26(2)24(14-20-10-6-7-11-21(20)15-24)18-25-23(28)22-17-27(12-13-29-22)16-19-8-4-3-5-9-19/h3-11,22H,12-18H2,1-2H3,(H,25,28)/t22-/m1/s1. The summed E-state index contributed by atoms with van der Waals surface area (Å²) in [6, 6.07) is 19.0. The van der Waals surface area contributed by atoms with Crippen LogP contribution in [-0.2, 0) is 28.9 Å². The number of nitrogens with one attached hydrogen (secondary N) is 1. The predicted octanol–water partition coefficient (Wildman–Crippen LogP) is 2.10. The van der Waals surface area contributed by atoms with Gasteiger partial charge >= 0.3 is 0 Å². The maximum atomic E-state index is 12.9. The van der Waals surface area contributed by atoms with Crippen LogP contribution in [0.1, 0.15) is 16.7 Å². The first-order valence-corrected chi connectivity index (χ1v) is 10.5. The number of likely N-dealkylation sites (N-methyl/N-ethyl adjacent to an activating group) is 1. The molecule has 1 amide bonds. The first-order valence-electron chi connectivity index (χ1n) is 10.5. The van der Waals surface area contributed by atoms with Gasteiger partial charge in [-0.15, -0.1) is 0 Å². The molecular formula is C24H31N3O2. The van der Waals surface area contributed by atoms with Crippen molar-refractivity contribution in [1.29, 1.82) is 0 Å². The number of carbonyl (C=O) groups is 1. The summed E-state index contributed by atoms with van der Waals surface area (Å²) in [6.07, 6.45) is 1.51. The molecule has 0 radical (unpaired) electrons. The second kappa shape index (κ2) is 8.66. The predicted molar refractivity (Wildman–Crippen MR) is 115 cm³/mol. The highest BCUT2D eigenvalue weighted by Gasteiger charge is 2.40. The Bertz CT molecular complexity index is 812. The van der Waals surface area contributed by atoms with Gasteiger partial charge in [0, 0.05) is 31.7 Å². The molecule has 1 N–H and O–H groups in total. The molecule has 1 heterocycles. The number of rotatable bonds is 6. The fourth-order valence-corrected chi connectivity index (χ4v) is 4.49. The van der Waals surface area contributed by atoms with E-state index in [1.807, 2.05) is 6.07 Å². The van der Waals surface area contributed by atoms with Gasteiger partial charge in [0.15, 0.2) is 0 Å². The van der Waals surface area contributed by atoms with E-state index in [2.05, 4.69) is 77.7 Å². The summed E-state index contributed by atoms with van der Waals surface area (Å²) in [5, 5.41) is 3.20. The Morgan fingerprint density at radius 2 is 1.76 bits per heavy atom. The highest BCUT2D eigenvalue weighted by atomic mass is 16.5. The van der Waals surface area contributed by atoms with Gasteiger partial charge in [-0.25, -0.2) is 0 Å². The van der Waals surface area contributed by atoms with Crippen molar-refractivity contribution in [2.24, 2.45) is 0 Å². The number of nitrogens with zero attached hydrogens (tertiary/aromatic N) is 2. The van der Waals surface area contributed by atoms with Crippen LogP contribution in [0.2, 0.25) is 0 Å². The second-order valence-electron chi connectivity index (χ2n) is 8.54. The fraction of sp³-hybridized carbons (Fsp3) is 0.458. The molecule has 5 nitrogen and oxygen atoms in total. The third-order valence-electron chi connectivity index (χ3n) is 6.39. The Hall–Kier alpha value is -2.21. The van der Waals surface area contributed by atoms with Crippen LogP contribution in [0, 0.1) is 0 Å². The van der Waals surface area contributed by atoms with Crippen LogP contribution in [0.4, 0.5) is 0 Å². The Labute approximate surface area is 173 Å². The van der Waals surface area contributed by atoms with Crippen LogP contribution < -0.4 is 5.32 Å². The summed E-state index contributed by atoms with van der Waals surface area (Å²) in [6.45, 7) is 3.57. The largest absolute Gasteiger partial charge is 0.366 e. The van der Waals surface area contributed by atoms with Crippen LogP contribution in [0.25, 0.3) is 0 Å². The van der Waals surface area contributed by atoms with Gasteiger partial charge in [-0.3, -0.25) is 9.69 Å². The molecule has 2 aliphatic rings. The van der Waals surface area contributed by atoms with Crippen molar-refractivity contribution in [2.45, 2.75) is 31.0 Å². The minimum atomic E-state index is -0.407. The molecule has 0 aromatic heterocycles. The molecule has 2 aromatic carbocycles. The van der Waals surface area contributed by atoms with Gasteiger partial charge in [0.1, 0.15) is 6.10 Å². The van der Waals surface area contributed by atoms with Gasteiger partial charge in [-0.05, 0) is 43.6 Å². The number of hydrogen-bond acceptors (Lipinski definition) is 4. The van der Waals surface area contributed by atoms with E-state index in [0.717, 1.165) is 25.9 Å². The quantitative estimate of drug-likeness (QED) is 0.817. The molecule has 0 spiro atoms. The first-order chi connectivity index (χ1) is 14.1. The van der Waals surface area contributed by atoms with Crippen LogP contribution >= 0.6 is 0 Å². The van der Waals surface area contributed by atoms with Crippen LogP contribution in [-0.4, -0.2) is 67.7 Å². The topological polar surface area (TPSA) is 44.8 Å². The SMILES string of the molecule is CN(C)C1(CNC(=O)[C@H]2CN(Cc3ccccc3)CCO2)Cc2ccccc2C1. The van der Waals surface area contributed by atoms with Crippen LogP contribution in [0.5, 0.6) is 0 Å². The van der Waals surface area contributed by atoms with Gasteiger partial charge in [-0.2, -0.15) is 0 Å². The number of fused-ring (bicyclic) bond motifs is 1. The summed E-state index contributed by atoms with van der Waals surface area (Å²) in [5.74, 6) is -0.0000530. The molecule has 154 valence electrons. The molecule has 1 atom stereocenters. The van der Waals surface area contributed by atoms with E-state index in [1.165, 1.54) is 16.7 Å². The summed E-state index contributed by atoms with van der Waals surface area (Å²) in [4.78, 5) is 17.5. The van der Waals surface area contributed by atoms with Gasteiger partial charge in [0.2, 0.25) is 0 Å². The lowest BCUT2D eigenvalue weighted by atomic mass is 9.94. The van der Waals surface area contributed by atoms with E-state index in [-0.39, 0.29) is 11.4 Å². The summed E-state index contributed by atoms with van der Waals surface area (Å²) < 4.78 is 5.81. The average Bonchev–Trinajstić information content (AvgIpc) is 3.13. The third kappa shape index (κ3) is 4.53. The van der Waals surface area contributed by atoms with Crippen molar-refractivity contribution in [2.75, 3.05) is 40.3 Å². The molecular weight excluding hydrogens is 362 g/mol. The molecule has 1 aliphatic carbocycles. The number of morpholine rings is 1. The van der Waals surface area contributed by atoms with Crippen molar-refractivity contribution >= 4 is 5.91 Å². The van der Waals surface area contributed by atoms with Crippen molar-refractivity contribution < 1.29 is 9.53 Å². The number of carbonyl (C=O) groups excluding carboxylic acids is 1. The van der Waals surface area contributed by atoms with Crippen LogP contribution in [0.3, 0.4) is 0 Å². The van der Waals surface area contributed by atoms with E-state index in [1.54, 1.807) is 0 Å². The lowest BCUT2D eigenvalue weighted by molar-refractivity contribution is -0.139. The lowest BCUT2D eigenvalue weighted by Crippen LogP contribution is -2.56. The van der Waals surface area contributed by atoms with E-state index < -0.39 is 6.10 Å². The molecule has 2 aromatic rings. The molecule has 1 aliphatic heterocycles. The maximum Gasteiger partial charge on any atom is 0.250 e. The average molecular weight is 394 g/mol. The van der Waals surface area contributed by atoms with Crippen LogP contribution in [0.15, 0.2) is 54.6 Å². The Morgan fingerprint density at radius 1 is 1.10 bits per heavy atom. The molecule has 4 rings (SSSR count). The summed E-state index contributed by atoms with van der Waals surface area (Å²) in [7, 11) is 4.22. The summed E-state index contributed by atoms with van der Waals surface area (Å²) in [5.41, 5.74) is 3.97. The van der Waals surface area contributed by atoms with Crippen molar-refractivity contribution in [1.82, 2.24) is 15.1 Å². The first kappa shape index (κ1) is 20.1. The van der Waals surface area contributed by atoms with Gasteiger partial charge < -0.3 is 15.0 Å². The zero-order valence-corrected chi connectivity index (χ0v) is 17.4. The highest BCUT2D eigenvalue weighted by Crippen LogP contribution is 2.33. The van der Waals surface area contributed by atoms with E-state index in [9.17, 15) is 4.79 Å².